The Morgan fingerprint density at radius 3 is 2.08 bits per heavy atom. The third-order valence-corrected chi connectivity index (χ3v) is 6.36. The number of amides is 4. The summed E-state index contributed by atoms with van der Waals surface area (Å²) >= 11 is 0. The van der Waals surface area contributed by atoms with Crippen molar-refractivity contribution in [2.45, 2.75) is 56.8 Å². The number of hydrogen-bond donors (Lipinski definition) is 7. The Morgan fingerprint density at radius 2 is 1.43 bits per heavy atom. The van der Waals surface area contributed by atoms with Gasteiger partial charge in [-0.3, -0.25) is 19.2 Å². The predicted molar refractivity (Wildman–Crippen MR) is 148 cm³/mol. The summed E-state index contributed by atoms with van der Waals surface area (Å²) in [6, 6.07) is 11.7. The number of hydrogen-bond acceptors (Lipinski definition) is 6. The summed E-state index contributed by atoms with van der Waals surface area (Å²) in [5, 5.41) is 18.3. The number of nitrogens with one attached hydrogen (secondary N) is 4. The Morgan fingerprint density at radius 1 is 0.825 bits per heavy atom. The summed E-state index contributed by atoms with van der Waals surface area (Å²) in [5.41, 5.74) is 13.2. The molecule has 1 aromatic heterocycles. The maximum Gasteiger partial charge on any atom is 0.326 e. The van der Waals surface area contributed by atoms with E-state index in [2.05, 4.69) is 20.9 Å². The highest BCUT2D eigenvalue weighted by molar-refractivity contribution is 5.94. The zero-order chi connectivity index (χ0) is 29.2. The second-order valence-electron chi connectivity index (χ2n) is 9.57. The molecule has 0 saturated carbocycles. The molecule has 3 rings (SSSR count). The number of aliphatic carboxylic acids is 1. The van der Waals surface area contributed by atoms with Crippen molar-refractivity contribution in [3.05, 3.63) is 71.9 Å². The SMILES string of the molecule is CC(N)C(=O)NC(Cc1ccccc1)C(=O)NC(CCC(N)=O)C(=O)NC(Cc1c[nH]c2ccccc12)C(=O)O. The van der Waals surface area contributed by atoms with E-state index < -0.39 is 53.8 Å². The molecule has 2 aromatic carbocycles. The fourth-order valence-corrected chi connectivity index (χ4v) is 4.18. The first-order valence-electron chi connectivity index (χ1n) is 12.8. The molecule has 0 aliphatic rings. The minimum Gasteiger partial charge on any atom is -0.480 e. The Kier molecular flexibility index (Phi) is 10.4. The van der Waals surface area contributed by atoms with Gasteiger partial charge in [-0.2, -0.15) is 0 Å². The number of para-hydroxylation sites is 1. The molecule has 12 heteroatoms. The molecule has 0 aliphatic heterocycles. The Hall–Kier alpha value is -4.71. The monoisotopic (exact) mass is 550 g/mol. The number of carbonyl (C=O) groups is 5. The lowest BCUT2D eigenvalue weighted by atomic mass is 10.0. The molecular weight excluding hydrogens is 516 g/mol. The van der Waals surface area contributed by atoms with Crippen LogP contribution in [0.1, 0.15) is 30.9 Å². The molecule has 9 N–H and O–H groups in total. The van der Waals surface area contributed by atoms with Crippen LogP contribution in [0.2, 0.25) is 0 Å². The van der Waals surface area contributed by atoms with E-state index in [1.807, 2.05) is 24.3 Å². The molecule has 0 saturated heterocycles. The van der Waals surface area contributed by atoms with Gasteiger partial charge in [0.2, 0.25) is 23.6 Å². The van der Waals surface area contributed by atoms with Gasteiger partial charge < -0.3 is 37.5 Å². The Bertz CT molecular complexity index is 1360. The first-order chi connectivity index (χ1) is 19.0. The van der Waals surface area contributed by atoms with Crippen LogP contribution in [0.15, 0.2) is 60.8 Å². The van der Waals surface area contributed by atoms with Crippen LogP contribution in [-0.2, 0) is 36.8 Å². The van der Waals surface area contributed by atoms with Crippen molar-refractivity contribution in [2.24, 2.45) is 11.5 Å². The van der Waals surface area contributed by atoms with E-state index in [4.69, 9.17) is 11.5 Å². The number of aromatic amines is 1. The molecule has 0 aliphatic carbocycles. The number of carbonyl (C=O) groups excluding carboxylic acids is 4. The summed E-state index contributed by atoms with van der Waals surface area (Å²) in [7, 11) is 0. The Balaban J connectivity index is 1.78. The zero-order valence-electron chi connectivity index (χ0n) is 22.1. The van der Waals surface area contributed by atoms with Gasteiger partial charge in [0.25, 0.3) is 0 Å². The van der Waals surface area contributed by atoms with Crippen molar-refractivity contribution < 1.29 is 29.1 Å². The molecule has 0 bridgehead atoms. The topological polar surface area (TPSA) is 209 Å². The number of carboxylic acids is 1. The highest BCUT2D eigenvalue weighted by Gasteiger charge is 2.30. The number of H-pyrrole nitrogens is 1. The molecule has 4 atom stereocenters. The quantitative estimate of drug-likeness (QED) is 0.147. The predicted octanol–water partition coefficient (Wildman–Crippen LogP) is 0.105. The third-order valence-electron chi connectivity index (χ3n) is 6.36. The molecule has 212 valence electrons. The first-order valence-corrected chi connectivity index (χ1v) is 12.8. The van der Waals surface area contributed by atoms with Gasteiger partial charge in [-0.05, 0) is 30.5 Å². The molecule has 3 aromatic rings. The lowest BCUT2D eigenvalue weighted by molar-refractivity contribution is -0.142. The first kappa shape index (κ1) is 29.8. The molecule has 40 heavy (non-hydrogen) atoms. The van der Waals surface area contributed by atoms with Crippen LogP contribution in [0.3, 0.4) is 0 Å². The van der Waals surface area contributed by atoms with Gasteiger partial charge in [-0.1, -0.05) is 48.5 Å². The van der Waals surface area contributed by atoms with E-state index in [9.17, 15) is 29.1 Å². The second-order valence-corrected chi connectivity index (χ2v) is 9.57. The van der Waals surface area contributed by atoms with E-state index in [0.717, 1.165) is 16.5 Å². The van der Waals surface area contributed by atoms with Crippen LogP contribution < -0.4 is 27.4 Å². The third kappa shape index (κ3) is 8.40. The summed E-state index contributed by atoms with van der Waals surface area (Å²) in [5.74, 6) is -4.06. The van der Waals surface area contributed by atoms with Gasteiger partial charge in [0.15, 0.2) is 0 Å². The molecule has 0 radical (unpaired) electrons. The number of benzene rings is 2. The number of carboxylic acid groups (broad SMARTS) is 1. The minimum absolute atomic E-state index is 0.0251. The van der Waals surface area contributed by atoms with Crippen LogP contribution in [0.5, 0.6) is 0 Å². The van der Waals surface area contributed by atoms with Crippen molar-refractivity contribution in [1.29, 1.82) is 0 Å². The van der Waals surface area contributed by atoms with E-state index >= 15 is 0 Å². The summed E-state index contributed by atoms with van der Waals surface area (Å²) in [4.78, 5) is 65.5. The van der Waals surface area contributed by atoms with E-state index in [1.165, 1.54) is 6.92 Å². The highest BCUT2D eigenvalue weighted by Crippen LogP contribution is 2.19. The molecule has 4 amide bonds. The van der Waals surface area contributed by atoms with E-state index in [1.54, 1.807) is 36.5 Å². The van der Waals surface area contributed by atoms with Gasteiger partial charge >= 0.3 is 5.97 Å². The second kappa shape index (κ2) is 13.9. The van der Waals surface area contributed by atoms with Crippen LogP contribution in [0.4, 0.5) is 0 Å². The lowest BCUT2D eigenvalue weighted by Crippen LogP contribution is -2.57. The van der Waals surface area contributed by atoms with Gasteiger partial charge in [0.1, 0.15) is 18.1 Å². The average Bonchev–Trinajstić information content (AvgIpc) is 3.33. The van der Waals surface area contributed by atoms with E-state index in [0.29, 0.717) is 5.56 Å². The average molecular weight is 551 g/mol. The van der Waals surface area contributed by atoms with Gasteiger partial charge in [-0.15, -0.1) is 0 Å². The molecule has 4 unspecified atom stereocenters. The van der Waals surface area contributed by atoms with Crippen LogP contribution >= 0.6 is 0 Å². The highest BCUT2D eigenvalue weighted by atomic mass is 16.4. The standard InChI is InChI=1S/C28H34N6O6/c1-16(29)25(36)33-22(13-17-7-3-2-4-8-17)27(38)32-21(11-12-24(30)35)26(37)34-23(28(39)40)14-18-15-31-20-10-6-5-9-19(18)20/h2-10,15-16,21-23,31H,11-14,29H2,1H3,(H2,30,35)(H,32,38)(H,33,36)(H,34,37)(H,39,40). The smallest absolute Gasteiger partial charge is 0.326 e. The zero-order valence-corrected chi connectivity index (χ0v) is 22.1. The van der Waals surface area contributed by atoms with Gasteiger partial charge in [-0.25, -0.2) is 4.79 Å². The van der Waals surface area contributed by atoms with Crippen LogP contribution in [-0.4, -0.2) is 63.9 Å². The van der Waals surface area contributed by atoms with E-state index in [-0.39, 0.29) is 25.7 Å². The molecule has 1 heterocycles. The normalized spacial score (nSPS) is 13.9. The van der Waals surface area contributed by atoms with Crippen molar-refractivity contribution in [2.75, 3.05) is 0 Å². The van der Waals surface area contributed by atoms with Gasteiger partial charge in [0.05, 0.1) is 6.04 Å². The molecular formula is C28H34N6O6. The summed E-state index contributed by atoms with van der Waals surface area (Å²) in [6.07, 6.45) is 1.34. The summed E-state index contributed by atoms with van der Waals surface area (Å²) in [6.45, 7) is 1.47. The van der Waals surface area contributed by atoms with Crippen LogP contribution in [0, 0.1) is 0 Å². The molecule has 0 fully saturated rings. The number of rotatable bonds is 14. The van der Waals surface area contributed by atoms with Gasteiger partial charge in [0, 0.05) is 36.4 Å². The summed E-state index contributed by atoms with van der Waals surface area (Å²) < 4.78 is 0. The fourth-order valence-electron chi connectivity index (χ4n) is 4.18. The number of aromatic nitrogens is 1. The minimum atomic E-state index is -1.32. The molecule has 0 spiro atoms. The van der Waals surface area contributed by atoms with Crippen molar-refractivity contribution in [3.8, 4) is 0 Å². The fraction of sp³-hybridized carbons (Fsp3) is 0.321. The van der Waals surface area contributed by atoms with Crippen molar-refractivity contribution in [1.82, 2.24) is 20.9 Å². The van der Waals surface area contributed by atoms with Crippen molar-refractivity contribution >= 4 is 40.5 Å². The maximum absolute atomic E-state index is 13.3. The number of primary amides is 1. The largest absolute Gasteiger partial charge is 0.480 e. The Labute approximate surface area is 230 Å². The molecule has 12 nitrogen and oxygen atoms in total. The van der Waals surface area contributed by atoms with Crippen molar-refractivity contribution in [3.63, 3.8) is 0 Å². The lowest BCUT2D eigenvalue weighted by Gasteiger charge is -2.25. The van der Waals surface area contributed by atoms with Crippen LogP contribution in [0.25, 0.3) is 10.9 Å². The number of fused-ring (bicyclic) bond motifs is 1. The number of nitrogens with two attached hydrogens (primary N) is 2. The maximum atomic E-state index is 13.3.